The maximum atomic E-state index is 11.4. The van der Waals surface area contributed by atoms with Crippen molar-refractivity contribution in [3.63, 3.8) is 0 Å². The van der Waals surface area contributed by atoms with Gasteiger partial charge in [0.1, 0.15) is 0 Å². The van der Waals surface area contributed by atoms with Crippen molar-refractivity contribution in [3.05, 3.63) is 29.3 Å². The second-order valence-electron chi connectivity index (χ2n) is 3.24. The van der Waals surface area contributed by atoms with Gasteiger partial charge in [-0.2, -0.15) is 0 Å². The molecular formula is C11H15NO3. The van der Waals surface area contributed by atoms with Gasteiger partial charge in [0.2, 0.25) is 0 Å². The highest BCUT2D eigenvalue weighted by atomic mass is 16.5. The lowest BCUT2D eigenvalue weighted by Gasteiger charge is -2.08. The van der Waals surface area contributed by atoms with Crippen LogP contribution < -0.4 is 5.73 Å². The first-order valence-electron chi connectivity index (χ1n) is 4.76. The Labute approximate surface area is 88.7 Å². The van der Waals surface area contributed by atoms with Crippen LogP contribution in [0.1, 0.15) is 22.3 Å². The van der Waals surface area contributed by atoms with Gasteiger partial charge in [-0.15, -0.1) is 0 Å². The first-order valence-corrected chi connectivity index (χ1v) is 4.76. The topological polar surface area (TPSA) is 72.5 Å². The van der Waals surface area contributed by atoms with Crippen LogP contribution in [0.4, 0.5) is 5.69 Å². The second kappa shape index (κ2) is 5.36. The molecule has 0 unspecified atom stereocenters. The second-order valence-corrected chi connectivity index (χ2v) is 3.24. The summed E-state index contributed by atoms with van der Waals surface area (Å²) in [6.45, 7) is 0.0927. The number of hydrogen-bond acceptors (Lipinski definition) is 4. The van der Waals surface area contributed by atoms with Gasteiger partial charge in [0.05, 0.1) is 12.7 Å². The molecule has 15 heavy (non-hydrogen) atoms. The van der Waals surface area contributed by atoms with Gasteiger partial charge in [0, 0.05) is 12.3 Å². The van der Waals surface area contributed by atoms with E-state index >= 15 is 0 Å². The molecule has 1 rings (SSSR count). The summed E-state index contributed by atoms with van der Waals surface area (Å²) in [7, 11) is 1.34. The number of aryl methyl sites for hydroxylation is 1. The number of carbonyl (C=O) groups excluding carboxylic acids is 1. The zero-order valence-electron chi connectivity index (χ0n) is 8.69. The Kier molecular flexibility index (Phi) is 4.12. The van der Waals surface area contributed by atoms with Gasteiger partial charge in [-0.3, -0.25) is 0 Å². The minimum absolute atomic E-state index is 0.0927. The zero-order valence-corrected chi connectivity index (χ0v) is 8.69. The van der Waals surface area contributed by atoms with Crippen molar-refractivity contribution in [2.75, 3.05) is 19.5 Å². The molecule has 4 nitrogen and oxygen atoms in total. The number of nitrogen functional groups attached to an aromatic ring is 1. The van der Waals surface area contributed by atoms with E-state index in [2.05, 4.69) is 4.74 Å². The highest BCUT2D eigenvalue weighted by Crippen LogP contribution is 2.16. The fourth-order valence-electron chi connectivity index (χ4n) is 1.40. The van der Waals surface area contributed by atoms with Crippen molar-refractivity contribution >= 4 is 11.7 Å². The van der Waals surface area contributed by atoms with Crippen molar-refractivity contribution in [2.45, 2.75) is 12.8 Å². The van der Waals surface area contributed by atoms with Gasteiger partial charge >= 0.3 is 5.97 Å². The number of benzene rings is 1. The standard InChI is InChI=1S/C11H15NO3/c1-15-11(14)10-5-4-9(12)7-8(10)3-2-6-13/h4-5,7,13H,2-3,6,12H2,1H3. The van der Waals surface area contributed by atoms with Crippen molar-refractivity contribution in [1.82, 2.24) is 0 Å². The molecule has 1 aromatic rings. The summed E-state index contributed by atoms with van der Waals surface area (Å²) in [6, 6.07) is 5.05. The van der Waals surface area contributed by atoms with E-state index in [4.69, 9.17) is 10.8 Å². The molecule has 3 N–H and O–H groups in total. The van der Waals surface area contributed by atoms with Crippen molar-refractivity contribution in [3.8, 4) is 0 Å². The number of rotatable bonds is 4. The Morgan fingerprint density at radius 2 is 2.27 bits per heavy atom. The van der Waals surface area contributed by atoms with Crippen LogP contribution in [-0.4, -0.2) is 24.8 Å². The largest absolute Gasteiger partial charge is 0.465 e. The maximum Gasteiger partial charge on any atom is 0.338 e. The van der Waals surface area contributed by atoms with Gasteiger partial charge in [-0.1, -0.05) is 0 Å². The molecular weight excluding hydrogens is 194 g/mol. The molecule has 0 aliphatic heterocycles. The molecule has 0 spiro atoms. The normalized spacial score (nSPS) is 10.0. The van der Waals surface area contributed by atoms with Gasteiger partial charge in [-0.25, -0.2) is 4.79 Å². The maximum absolute atomic E-state index is 11.4. The zero-order chi connectivity index (χ0) is 11.3. The van der Waals surface area contributed by atoms with Crippen LogP contribution in [-0.2, 0) is 11.2 Å². The fourth-order valence-corrected chi connectivity index (χ4v) is 1.40. The lowest BCUT2D eigenvalue weighted by Crippen LogP contribution is -2.07. The molecule has 0 amide bonds. The van der Waals surface area contributed by atoms with Crippen LogP contribution in [0.2, 0.25) is 0 Å². The number of hydrogen-bond donors (Lipinski definition) is 2. The number of nitrogens with two attached hydrogens (primary N) is 1. The average Bonchev–Trinajstić information content (AvgIpc) is 2.25. The predicted octanol–water partition coefficient (Wildman–Crippen LogP) is 0.980. The summed E-state index contributed by atoms with van der Waals surface area (Å²) in [5.74, 6) is -0.372. The number of methoxy groups -OCH3 is 1. The molecule has 0 heterocycles. The summed E-state index contributed by atoms with van der Waals surface area (Å²) in [5.41, 5.74) is 7.56. The van der Waals surface area contributed by atoms with E-state index in [1.807, 2.05) is 0 Å². The quantitative estimate of drug-likeness (QED) is 0.572. The van der Waals surface area contributed by atoms with E-state index in [9.17, 15) is 4.79 Å². The van der Waals surface area contributed by atoms with E-state index in [1.54, 1.807) is 18.2 Å². The molecule has 0 bridgehead atoms. The first kappa shape index (κ1) is 11.5. The number of aliphatic hydroxyl groups is 1. The number of aliphatic hydroxyl groups excluding tert-OH is 1. The number of anilines is 1. The molecule has 0 fully saturated rings. The number of ether oxygens (including phenoxy) is 1. The van der Waals surface area contributed by atoms with Crippen LogP contribution in [0.25, 0.3) is 0 Å². The van der Waals surface area contributed by atoms with Crippen LogP contribution in [0, 0.1) is 0 Å². The Hall–Kier alpha value is -1.55. The third kappa shape index (κ3) is 2.95. The molecule has 0 aromatic heterocycles. The molecule has 0 aliphatic carbocycles. The first-order chi connectivity index (χ1) is 7.19. The van der Waals surface area contributed by atoms with E-state index < -0.39 is 0 Å². The highest BCUT2D eigenvalue weighted by Gasteiger charge is 2.11. The number of carbonyl (C=O) groups is 1. The molecule has 0 saturated carbocycles. The number of esters is 1. The SMILES string of the molecule is COC(=O)c1ccc(N)cc1CCCO. The third-order valence-corrected chi connectivity index (χ3v) is 2.14. The molecule has 0 atom stereocenters. The van der Waals surface area contributed by atoms with Crippen LogP contribution in [0.15, 0.2) is 18.2 Å². The smallest absolute Gasteiger partial charge is 0.338 e. The van der Waals surface area contributed by atoms with Crippen LogP contribution >= 0.6 is 0 Å². The Morgan fingerprint density at radius 1 is 1.53 bits per heavy atom. The fraction of sp³-hybridized carbons (Fsp3) is 0.364. The molecule has 82 valence electrons. The minimum atomic E-state index is -0.372. The van der Waals surface area contributed by atoms with Gasteiger partial charge < -0.3 is 15.6 Å². The average molecular weight is 209 g/mol. The van der Waals surface area contributed by atoms with Crippen molar-refractivity contribution in [1.29, 1.82) is 0 Å². The molecule has 4 heteroatoms. The summed E-state index contributed by atoms with van der Waals surface area (Å²) in [6.07, 6.45) is 1.22. The van der Waals surface area contributed by atoms with Crippen molar-refractivity contribution in [2.24, 2.45) is 0 Å². The van der Waals surface area contributed by atoms with Crippen molar-refractivity contribution < 1.29 is 14.6 Å². The molecule has 0 radical (unpaired) electrons. The summed E-state index contributed by atoms with van der Waals surface area (Å²) in [4.78, 5) is 11.4. The lowest BCUT2D eigenvalue weighted by atomic mass is 10.0. The van der Waals surface area contributed by atoms with E-state index in [1.165, 1.54) is 7.11 Å². The lowest BCUT2D eigenvalue weighted by molar-refractivity contribution is 0.0599. The van der Waals surface area contributed by atoms with E-state index in [0.29, 0.717) is 24.1 Å². The molecule has 0 aliphatic rings. The molecule has 1 aromatic carbocycles. The summed E-state index contributed by atoms with van der Waals surface area (Å²) >= 11 is 0. The van der Waals surface area contributed by atoms with E-state index in [-0.39, 0.29) is 12.6 Å². The van der Waals surface area contributed by atoms with Gasteiger partial charge in [-0.05, 0) is 36.6 Å². The van der Waals surface area contributed by atoms with Crippen LogP contribution in [0.5, 0.6) is 0 Å². The van der Waals surface area contributed by atoms with Gasteiger partial charge in [0.25, 0.3) is 0 Å². The predicted molar refractivity (Wildman–Crippen MR) is 57.6 cm³/mol. The summed E-state index contributed by atoms with van der Waals surface area (Å²) < 4.78 is 4.65. The summed E-state index contributed by atoms with van der Waals surface area (Å²) in [5, 5.41) is 8.74. The van der Waals surface area contributed by atoms with Crippen LogP contribution in [0.3, 0.4) is 0 Å². The minimum Gasteiger partial charge on any atom is -0.465 e. The van der Waals surface area contributed by atoms with E-state index in [0.717, 1.165) is 5.56 Å². The molecule has 0 saturated heterocycles. The Morgan fingerprint density at radius 3 is 2.87 bits per heavy atom. The highest BCUT2D eigenvalue weighted by molar-refractivity contribution is 5.91. The Balaban J connectivity index is 2.97. The Bertz CT molecular complexity index is 350. The third-order valence-electron chi connectivity index (χ3n) is 2.14. The monoisotopic (exact) mass is 209 g/mol. The van der Waals surface area contributed by atoms with Gasteiger partial charge in [0.15, 0.2) is 0 Å².